The predicted molar refractivity (Wildman–Crippen MR) is 57.5 cm³/mol. The van der Waals surface area contributed by atoms with Crippen molar-refractivity contribution in [2.75, 3.05) is 6.54 Å². The fourth-order valence-electron chi connectivity index (χ4n) is 0.530. The van der Waals surface area contributed by atoms with Crippen molar-refractivity contribution in [1.82, 2.24) is 5.32 Å². The Bertz CT molecular complexity index is 99.7. The maximum absolute atomic E-state index is 6.94. The van der Waals surface area contributed by atoms with Crippen LogP contribution in [0.1, 0.15) is 48.5 Å². The molecule has 0 fully saturated rings. The van der Waals surface area contributed by atoms with Crippen molar-refractivity contribution in [1.29, 1.82) is 0 Å². The van der Waals surface area contributed by atoms with Gasteiger partial charge in [0, 0.05) is 55.2 Å². The molecule has 85 valence electrons. The molecule has 4 heteroatoms. The molecule has 0 atom stereocenters. The van der Waals surface area contributed by atoms with Crippen LogP contribution >= 0.6 is 0 Å². The zero-order chi connectivity index (χ0) is 10.4. The zero-order valence-electron chi connectivity index (χ0n) is 10.7. The molecule has 0 heterocycles. The Balaban J connectivity index is -0.0000000651. The fourth-order valence-corrected chi connectivity index (χ4v) is 0.530. The predicted octanol–water partition coefficient (Wildman–Crippen LogP) is 3.23. The molecule has 0 rings (SSSR count). The third-order valence-electron chi connectivity index (χ3n) is 0.707. The van der Waals surface area contributed by atoms with Crippen LogP contribution in [0.3, 0.4) is 0 Å². The van der Waals surface area contributed by atoms with Gasteiger partial charge in [0.1, 0.15) is 0 Å². The van der Waals surface area contributed by atoms with Gasteiger partial charge in [0.25, 0.3) is 0 Å². The topological polar surface area (TPSA) is 35.8 Å². The van der Waals surface area contributed by atoms with E-state index in [0.717, 1.165) is 6.54 Å². The quantitative estimate of drug-likeness (QED) is 0.639. The molecule has 2 nitrogen and oxygen atoms in total. The van der Waals surface area contributed by atoms with Gasteiger partial charge in [-0.05, 0) is 27.3 Å². The molecule has 0 aromatic heterocycles. The van der Waals surface area contributed by atoms with Gasteiger partial charge in [-0.2, -0.15) is 0 Å². The van der Waals surface area contributed by atoms with E-state index in [2.05, 4.69) is 33.0 Å². The van der Waals surface area contributed by atoms with Crippen molar-refractivity contribution in [3.05, 3.63) is 5.73 Å². The number of hydrogen-bond donors (Lipinski definition) is 1. The Hall–Kier alpha value is 1.56. The van der Waals surface area contributed by atoms with E-state index in [4.69, 9.17) is 5.73 Å². The minimum Gasteiger partial charge on any atom is -0.673 e. The van der Waals surface area contributed by atoms with Crippen molar-refractivity contribution in [2.45, 2.75) is 59.5 Å². The summed E-state index contributed by atoms with van der Waals surface area (Å²) in [6, 6.07) is 0. The van der Waals surface area contributed by atoms with Gasteiger partial charge in [0.05, 0.1) is 0 Å². The molecule has 0 unspecified atom stereocenters. The molecule has 0 aliphatic carbocycles. The second-order valence-corrected chi connectivity index (χ2v) is 5.03. The molecule has 0 spiro atoms. The van der Waals surface area contributed by atoms with Gasteiger partial charge in [0.15, 0.2) is 0 Å². The van der Waals surface area contributed by atoms with Crippen LogP contribution in [0.4, 0.5) is 0 Å². The molecule has 0 aliphatic heterocycles. The Morgan fingerprint density at radius 1 is 1.00 bits per heavy atom. The molecule has 2 N–H and O–H groups in total. The number of rotatable bonds is 1. The SMILES string of the molecule is CC(C)(C)[NH-].CCNC(C)(C)C.[U].[V]. The Morgan fingerprint density at radius 3 is 1.21 bits per heavy atom. The van der Waals surface area contributed by atoms with Crippen molar-refractivity contribution in [3.8, 4) is 0 Å². The first-order chi connectivity index (χ1) is 5.06. The minimum absolute atomic E-state index is 0. The first-order valence-electron chi connectivity index (χ1n) is 4.56. The van der Waals surface area contributed by atoms with E-state index in [1.54, 1.807) is 0 Å². The summed E-state index contributed by atoms with van der Waals surface area (Å²) >= 11 is 0. The molecule has 0 amide bonds. The van der Waals surface area contributed by atoms with Crippen molar-refractivity contribution in [2.24, 2.45) is 0 Å². The average Bonchev–Trinajstić information content (AvgIpc) is 1.54. The van der Waals surface area contributed by atoms with Gasteiger partial charge in [-0.15, -0.1) is 5.54 Å². The summed E-state index contributed by atoms with van der Waals surface area (Å²) in [7, 11) is 0. The molecule has 14 heavy (non-hydrogen) atoms. The van der Waals surface area contributed by atoms with Gasteiger partial charge < -0.3 is 11.1 Å². The molecule has 0 aliphatic rings. The van der Waals surface area contributed by atoms with Crippen LogP contribution in [0.15, 0.2) is 0 Å². The molecular formula is C10H25N2UV-. The Labute approximate surface area is 126 Å². The third-order valence-corrected chi connectivity index (χ3v) is 0.707. The molecular weight excluding hydrogens is 437 g/mol. The van der Waals surface area contributed by atoms with Gasteiger partial charge in [-0.1, -0.05) is 27.7 Å². The van der Waals surface area contributed by atoms with E-state index in [1.165, 1.54) is 0 Å². The van der Waals surface area contributed by atoms with Crippen LogP contribution in [0.2, 0.25) is 0 Å². The second kappa shape index (κ2) is 11.1. The standard InChI is InChI=1S/C6H15N.C4H10N.U.V/c1-5-7-6(2,3)4;1-4(2,3)5;;/h7H,5H2,1-4H3;5H,1-3H3;;/q;-1;;. The van der Waals surface area contributed by atoms with E-state index in [-0.39, 0.29) is 55.2 Å². The van der Waals surface area contributed by atoms with Crippen LogP contribution in [0.5, 0.6) is 0 Å². The number of hydrogen-bond acceptors (Lipinski definition) is 1. The van der Waals surface area contributed by atoms with Gasteiger partial charge in [0.2, 0.25) is 0 Å². The summed E-state index contributed by atoms with van der Waals surface area (Å²) in [5, 5.41) is 3.28. The summed E-state index contributed by atoms with van der Waals surface area (Å²) in [6.07, 6.45) is 0. The van der Waals surface area contributed by atoms with E-state index >= 15 is 0 Å². The van der Waals surface area contributed by atoms with E-state index in [0.29, 0.717) is 5.54 Å². The second-order valence-electron chi connectivity index (χ2n) is 5.03. The minimum atomic E-state index is -0.250. The molecule has 0 bridgehead atoms. The monoisotopic (exact) mass is 462 g/mol. The molecule has 1 radical (unpaired) electrons. The summed E-state index contributed by atoms with van der Waals surface area (Å²) in [5.41, 5.74) is 6.99. The Morgan fingerprint density at radius 2 is 1.21 bits per heavy atom. The maximum Gasteiger partial charge on any atom is 0.00963 e. The van der Waals surface area contributed by atoms with E-state index in [9.17, 15) is 0 Å². The Kier molecular flexibility index (Phi) is 19.5. The van der Waals surface area contributed by atoms with Crippen molar-refractivity contribution >= 4 is 0 Å². The van der Waals surface area contributed by atoms with Crippen LogP contribution in [0, 0.1) is 31.1 Å². The van der Waals surface area contributed by atoms with E-state index < -0.39 is 0 Å². The molecule has 0 saturated carbocycles. The molecule has 0 saturated heterocycles. The first kappa shape index (κ1) is 24.7. The summed E-state index contributed by atoms with van der Waals surface area (Å²) in [6.45, 7) is 15.2. The number of nitrogens with one attached hydrogen (secondary N) is 2. The van der Waals surface area contributed by atoms with Gasteiger partial charge in [-0.3, -0.25) is 0 Å². The van der Waals surface area contributed by atoms with Crippen LogP contribution in [-0.2, 0) is 18.6 Å². The molecule has 0 aromatic rings. The first-order valence-corrected chi connectivity index (χ1v) is 4.56. The summed E-state index contributed by atoms with van der Waals surface area (Å²) < 4.78 is 0. The summed E-state index contributed by atoms with van der Waals surface area (Å²) in [4.78, 5) is 0. The van der Waals surface area contributed by atoms with Crippen LogP contribution in [-0.4, -0.2) is 17.6 Å². The fraction of sp³-hybridized carbons (Fsp3) is 1.00. The molecule has 0 aromatic carbocycles. The van der Waals surface area contributed by atoms with Gasteiger partial charge >= 0.3 is 0 Å². The third kappa shape index (κ3) is 69.2. The normalized spacial score (nSPS) is 10.3. The summed E-state index contributed by atoms with van der Waals surface area (Å²) in [5.74, 6) is 0. The van der Waals surface area contributed by atoms with Crippen LogP contribution < -0.4 is 5.32 Å². The average molecular weight is 462 g/mol. The van der Waals surface area contributed by atoms with Crippen molar-refractivity contribution < 1.29 is 49.7 Å². The smallest absolute Gasteiger partial charge is 0.00963 e. The van der Waals surface area contributed by atoms with E-state index in [1.807, 2.05) is 20.8 Å². The maximum atomic E-state index is 6.94. The van der Waals surface area contributed by atoms with Gasteiger partial charge in [-0.25, -0.2) is 0 Å². The largest absolute Gasteiger partial charge is 0.673 e. The van der Waals surface area contributed by atoms with Crippen molar-refractivity contribution in [3.63, 3.8) is 0 Å². The zero-order valence-corrected chi connectivity index (χ0v) is 16.2. The van der Waals surface area contributed by atoms with Crippen LogP contribution in [0.25, 0.3) is 5.73 Å².